The molecular weight excluding hydrogens is 328 g/mol. The fraction of sp³-hybridized carbons (Fsp3) is 0.333. The standard InChI is InChI=1S/C21H24N2O3/c1-3-7-20(24)23-18-9-6-5-8-15(18)10-11-16-12-13-17(14-19(16)23)22-21(25)26-4-2/h5-6,8-9,12-14H,3-4,7,10-11H2,1-2H3,(H,22,25). The van der Waals surface area contributed by atoms with E-state index in [1.165, 1.54) is 0 Å². The Kier molecular flexibility index (Phi) is 5.56. The molecular formula is C21H24N2O3. The van der Waals surface area contributed by atoms with Crippen molar-refractivity contribution in [3.63, 3.8) is 0 Å². The topological polar surface area (TPSA) is 58.6 Å². The smallest absolute Gasteiger partial charge is 0.411 e. The van der Waals surface area contributed by atoms with Gasteiger partial charge in [-0.1, -0.05) is 31.2 Å². The number of amides is 2. The highest BCUT2D eigenvalue weighted by Gasteiger charge is 2.25. The van der Waals surface area contributed by atoms with E-state index in [9.17, 15) is 9.59 Å². The third kappa shape index (κ3) is 3.72. The molecule has 0 saturated heterocycles. The van der Waals surface area contributed by atoms with E-state index in [1.54, 1.807) is 11.8 Å². The van der Waals surface area contributed by atoms with Crippen LogP contribution in [0.1, 0.15) is 37.8 Å². The molecule has 0 aromatic heterocycles. The number of carbonyl (C=O) groups excluding carboxylic acids is 2. The van der Waals surface area contributed by atoms with E-state index in [4.69, 9.17) is 4.74 Å². The van der Waals surface area contributed by atoms with Gasteiger partial charge in [-0.3, -0.25) is 15.0 Å². The highest BCUT2D eigenvalue weighted by molar-refractivity contribution is 6.03. The molecule has 3 rings (SSSR count). The van der Waals surface area contributed by atoms with Gasteiger partial charge in [0, 0.05) is 12.1 Å². The van der Waals surface area contributed by atoms with E-state index in [2.05, 4.69) is 11.4 Å². The van der Waals surface area contributed by atoms with Crippen LogP contribution in [0.4, 0.5) is 21.9 Å². The van der Waals surface area contributed by atoms with Crippen LogP contribution >= 0.6 is 0 Å². The third-order valence-electron chi connectivity index (χ3n) is 4.46. The maximum atomic E-state index is 12.9. The second-order valence-electron chi connectivity index (χ2n) is 6.30. The lowest BCUT2D eigenvalue weighted by atomic mass is 10.0. The van der Waals surface area contributed by atoms with E-state index in [0.717, 1.165) is 41.8 Å². The van der Waals surface area contributed by atoms with Crippen molar-refractivity contribution in [3.8, 4) is 0 Å². The molecule has 2 aromatic carbocycles. The van der Waals surface area contributed by atoms with Crippen LogP contribution in [0.3, 0.4) is 0 Å². The SMILES string of the molecule is CCCC(=O)N1c2ccccc2CCc2ccc(NC(=O)OCC)cc21. The van der Waals surface area contributed by atoms with Gasteiger partial charge in [-0.25, -0.2) is 4.79 Å². The Balaban J connectivity index is 2.05. The lowest BCUT2D eigenvalue weighted by Gasteiger charge is -2.25. The highest BCUT2D eigenvalue weighted by atomic mass is 16.5. The summed E-state index contributed by atoms with van der Waals surface area (Å²) in [7, 11) is 0. The van der Waals surface area contributed by atoms with Crippen molar-refractivity contribution in [2.24, 2.45) is 0 Å². The molecule has 0 spiro atoms. The average Bonchev–Trinajstić information content (AvgIpc) is 2.78. The molecule has 2 aromatic rings. The molecule has 1 aliphatic heterocycles. The maximum absolute atomic E-state index is 12.9. The summed E-state index contributed by atoms with van der Waals surface area (Å²) in [4.78, 5) is 26.5. The number of hydrogen-bond donors (Lipinski definition) is 1. The van der Waals surface area contributed by atoms with Gasteiger partial charge in [-0.05, 0) is 55.5 Å². The van der Waals surface area contributed by atoms with Crippen molar-refractivity contribution in [1.29, 1.82) is 0 Å². The summed E-state index contributed by atoms with van der Waals surface area (Å²) in [6.07, 6.45) is 2.50. The van der Waals surface area contributed by atoms with Gasteiger partial charge < -0.3 is 4.74 Å². The van der Waals surface area contributed by atoms with Gasteiger partial charge in [-0.15, -0.1) is 0 Å². The van der Waals surface area contributed by atoms with Gasteiger partial charge in [0.1, 0.15) is 0 Å². The molecule has 0 atom stereocenters. The molecule has 26 heavy (non-hydrogen) atoms. The van der Waals surface area contributed by atoms with Crippen molar-refractivity contribution in [2.45, 2.75) is 39.5 Å². The molecule has 0 aliphatic carbocycles. The van der Waals surface area contributed by atoms with Crippen molar-refractivity contribution in [2.75, 3.05) is 16.8 Å². The summed E-state index contributed by atoms with van der Waals surface area (Å²) in [5, 5.41) is 2.73. The van der Waals surface area contributed by atoms with Gasteiger partial charge in [-0.2, -0.15) is 0 Å². The molecule has 5 heteroatoms. The van der Waals surface area contributed by atoms with Crippen molar-refractivity contribution in [1.82, 2.24) is 0 Å². The number of benzene rings is 2. The molecule has 1 N–H and O–H groups in total. The maximum Gasteiger partial charge on any atom is 0.411 e. The molecule has 1 aliphatic rings. The minimum atomic E-state index is -0.493. The number of aryl methyl sites for hydroxylation is 2. The Morgan fingerprint density at radius 2 is 1.77 bits per heavy atom. The molecule has 2 amide bonds. The number of nitrogens with zero attached hydrogens (tertiary/aromatic N) is 1. The Morgan fingerprint density at radius 1 is 1.04 bits per heavy atom. The van der Waals surface area contributed by atoms with Crippen LogP contribution < -0.4 is 10.2 Å². The van der Waals surface area contributed by atoms with Crippen LogP contribution in [0, 0.1) is 0 Å². The first-order chi connectivity index (χ1) is 12.6. The molecule has 0 unspecified atom stereocenters. The van der Waals surface area contributed by atoms with E-state index in [1.807, 2.05) is 43.3 Å². The van der Waals surface area contributed by atoms with Gasteiger partial charge in [0.25, 0.3) is 0 Å². The number of rotatable bonds is 4. The van der Waals surface area contributed by atoms with Crippen LogP contribution in [-0.4, -0.2) is 18.6 Å². The molecule has 5 nitrogen and oxygen atoms in total. The Hall–Kier alpha value is -2.82. The zero-order valence-corrected chi connectivity index (χ0v) is 15.2. The number of ether oxygens (including phenoxy) is 1. The van der Waals surface area contributed by atoms with Crippen LogP contribution in [0.5, 0.6) is 0 Å². The quantitative estimate of drug-likeness (QED) is 0.858. The number of para-hydroxylation sites is 1. The van der Waals surface area contributed by atoms with E-state index < -0.39 is 6.09 Å². The summed E-state index contributed by atoms with van der Waals surface area (Å²) in [6.45, 7) is 4.07. The lowest BCUT2D eigenvalue weighted by Crippen LogP contribution is -2.26. The largest absolute Gasteiger partial charge is 0.450 e. The second-order valence-corrected chi connectivity index (χ2v) is 6.30. The Labute approximate surface area is 154 Å². The van der Waals surface area contributed by atoms with Crippen molar-refractivity contribution in [3.05, 3.63) is 53.6 Å². The molecule has 0 fully saturated rings. The fourth-order valence-corrected chi connectivity index (χ4v) is 3.28. The minimum Gasteiger partial charge on any atom is -0.450 e. The number of hydrogen-bond acceptors (Lipinski definition) is 3. The molecule has 1 heterocycles. The Morgan fingerprint density at radius 3 is 2.50 bits per heavy atom. The first-order valence-electron chi connectivity index (χ1n) is 9.11. The summed E-state index contributed by atoms with van der Waals surface area (Å²) >= 11 is 0. The van der Waals surface area contributed by atoms with Gasteiger partial charge in [0.05, 0.1) is 18.0 Å². The highest BCUT2D eigenvalue weighted by Crippen LogP contribution is 2.38. The molecule has 0 saturated carbocycles. The first-order valence-corrected chi connectivity index (χ1v) is 9.11. The van der Waals surface area contributed by atoms with Crippen LogP contribution in [-0.2, 0) is 22.4 Å². The number of fused-ring (bicyclic) bond motifs is 2. The third-order valence-corrected chi connectivity index (χ3v) is 4.46. The first kappa shape index (κ1) is 18.0. The molecule has 0 radical (unpaired) electrons. The predicted octanol–water partition coefficient (Wildman–Crippen LogP) is 4.82. The van der Waals surface area contributed by atoms with E-state index >= 15 is 0 Å². The fourth-order valence-electron chi connectivity index (χ4n) is 3.28. The normalized spacial score (nSPS) is 12.6. The predicted molar refractivity (Wildman–Crippen MR) is 103 cm³/mol. The van der Waals surface area contributed by atoms with E-state index in [0.29, 0.717) is 18.7 Å². The van der Waals surface area contributed by atoms with Crippen molar-refractivity contribution < 1.29 is 14.3 Å². The molecule has 136 valence electrons. The summed E-state index contributed by atoms with van der Waals surface area (Å²) < 4.78 is 4.95. The van der Waals surface area contributed by atoms with Crippen LogP contribution in [0.2, 0.25) is 0 Å². The summed E-state index contributed by atoms with van der Waals surface area (Å²) in [6, 6.07) is 13.7. The van der Waals surface area contributed by atoms with Gasteiger partial charge in [0.15, 0.2) is 0 Å². The summed E-state index contributed by atoms with van der Waals surface area (Å²) in [5.41, 5.74) is 4.64. The zero-order valence-electron chi connectivity index (χ0n) is 15.2. The second kappa shape index (κ2) is 8.04. The number of nitrogens with one attached hydrogen (secondary N) is 1. The average molecular weight is 352 g/mol. The number of carbonyl (C=O) groups is 2. The van der Waals surface area contributed by atoms with Crippen molar-refractivity contribution >= 4 is 29.1 Å². The van der Waals surface area contributed by atoms with Crippen LogP contribution in [0.15, 0.2) is 42.5 Å². The zero-order chi connectivity index (χ0) is 18.5. The summed E-state index contributed by atoms with van der Waals surface area (Å²) in [5.74, 6) is 0.0661. The van der Waals surface area contributed by atoms with Gasteiger partial charge in [0.2, 0.25) is 5.91 Å². The minimum absolute atomic E-state index is 0.0661. The number of anilines is 3. The lowest BCUT2D eigenvalue weighted by molar-refractivity contribution is -0.117. The molecule has 0 bridgehead atoms. The van der Waals surface area contributed by atoms with Crippen LogP contribution in [0.25, 0.3) is 0 Å². The monoisotopic (exact) mass is 352 g/mol. The Bertz CT molecular complexity index is 817. The van der Waals surface area contributed by atoms with Gasteiger partial charge >= 0.3 is 6.09 Å². The van der Waals surface area contributed by atoms with E-state index in [-0.39, 0.29) is 5.91 Å².